The summed E-state index contributed by atoms with van der Waals surface area (Å²) in [6, 6.07) is 9.93. The Morgan fingerprint density at radius 2 is 2.06 bits per heavy atom. The highest BCUT2D eigenvalue weighted by atomic mass is 32.2. The largest absolute Gasteiger partial charge is 0.480 e. The molecule has 0 unspecified atom stereocenters. The Labute approximate surface area is 104 Å². The van der Waals surface area contributed by atoms with Gasteiger partial charge in [0.25, 0.3) is 0 Å². The molecule has 0 heterocycles. The average molecular weight is 256 g/mol. The molecule has 0 spiro atoms. The third-order valence-corrected chi connectivity index (χ3v) is 2.85. The lowest BCUT2D eigenvalue weighted by Crippen LogP contribution is -2.34. The summed E-state index contributed by atoms with van der Waals surface area (Å²) < 4.78 is 2.86. The first kappa shape index (κ1) is 12.8. The number of carboxylic acid groups (broad SMARTS) is 1. The molecule has 0 aromatic heterocycles. The van der Waals surface area contributed by atoms with Gasteiger partial charge < -0.3 is 15.1 Å². The topological polar surface area (TPSA) is 61.4 Å². The second kappa shape index (κ2) is 7.08. The molecular weight excluding hydrogens is 244 g/mol. The summed E-state index contributed by atoms with van der Waals surface area (Å²) in [5, 5.41) is 11.3. The van der Waals surface area contributed by atoms with E-state index < -0.39 is 5.97 Å². The summed E-state index contributed by atoms with van der Waals surface area (Å²) in [4.78, 5) is 10.2. The summed E-state index contributed by atoms with van der Waals surface area (Å²) in [7, 11) is 0. The van der Waals surface area contributed by atoms with E-state index >= 15 is 0 Å². The first-order valence-corrected chi connectivity index (χ1v) is 5.99. The van der Waals surface area contributed by atoms with Crippen molar-refractivity contribution < 1.29 is 9.90 Å². The molecule has 0 aliphatic carbocycles. The second-order valence-electron chi connectivity index (χ2n) is 2.95. The summed E-state index contributed by atoms with van der Waals surface area (Å²) in [6.07, 6.45) is 0. The first-order chi connectivity index (χ1) is 7.68. The van der Waals surface area contributed by atoms with Gasteiger partial charge in [-0.15, -0.1) is 0 Å². The number of hydrogen-bond acceptors (Lipinski definition) is 3. The Balaban J connectivity index is 2.16. The molecule has 0 aliphatic rings. The SMILES string of the molecule is O=C(O)CNC(=S)NSCc1ccccc1. The molecule has 0 atom stereocenters. The van der Waals surface area contributed by atoms with Crippen LogP contribution in [0.4, 0.5) is 0 Å². The van der Waals surface area contributed by atoms with Gasteiger partial charge in [-0.25, -0.2) is 0 Å². The molecule has 1 aromatic rings. The summed E-state index contributed by atoms with van der Waals surface area (Å²) in [5.74, 6) is -0.160. The van der Waals surface area contributed by atoms with E-state index in [1.807, 2.05) is 30.3 Å². The van der Waals surface area contributed by atoms with Gasteiger partial charge >= 0.3 is 5.97 Å². The average Bonchev–Trinajstić information content (AvgIpc) is 2.28. The van der Waals surface area contributed by atoms with Crippen molar-refractivity contribution in [3.63, 3.8) is 0 Å². The van der Waals surface area contributed by atoms with E-state index in [4.69, 9.17) is 17.3 Å². The Bertz CT molecular complexity index is 357. The predicted molar refractivity (Wildman–Crippen MR) is 69.1 cm³/mol. The molecule has 0 bridgehead atoms. The molecular formula is C10H12N2O2S2. The van der Waals surface area contributed by atoms with Gasteiger partial charge in [0.2, 0.25) is 0 Å². The lowest BCUT2D eigenvalue weighted by molar-refractivity contribution is -0.135. The Kier molecular flexibility index (Phi) is 5.66. The number of hydrogen-bond donors (Lipinski definition) is 3. The Hall–Kier alpha value is -1.27. The maximum Gasteiger partial charge on any atom is 0.322 e. The van der Waals surface area contributed by atoms with Gasteiger partial charge in [0.15, 0.2) is 5.11 Å². The summed E-state index contributed by atoms with van der Waals surface area (Å²) in [6.45, 7) is -0.169. The highest BCUT2D eigenvalue weighted by Gasteiger charge is 1.99. The Morgan fingerprint density at radius 1 is 1.38 bits per heavy atom. The maximum absolute atomic E-state index is 10.2. The number of nitrogens with one attached hydrogen (secondary N) is 2. The Morgan fingerprint density at radius 3 is 2.69 bits per heavy atom. The second-order valence-corrected chi connectivity index (χ2v) is 4.14. The lowest BCUT2D eigenvalue weighted by Gasteiger charge is -2.07. The molecule has 0 aliphatic heterocycles. The zero-order valence-electron chi connectivity index (χ0n) is 8.47. The standard InChI is InChI=1S/C10H12N2O2S2/c13-9(14)6-11-10(15)12-16-7-8-4-2-1-3-5-8/h1-5H,6-7H2,(H,13,14)(H2,11,12,15). The van der Waals surface area contributed by atoms with E-state index in [0.29, 0.717) is 5.11 Å². The van der Waals surface area contributed by atoms with E-state index in [2.05, 4.69) is 10.0 Å². The molecule has 1 rings (SSSR count). The molecule has 86 valence electrons. The van der Waals surface area contributed by atoms with Crippen LogP contribution in [0, 0.1) is 0 Å². The highest BCUT2D eigenvalue weighted by Crippen LogP contribution is 2.07. The van der Waals surface area contributed by atoms with Crippen LogP contribution in [0.3, 0.4) is 0 Å². The smallest absolute Gasteiger partial charge is 0.322 e. The van der Waals surface area contributed by atoms with E-state index in [1.54, 1.807) is 0 Å². The molecule has 0 radical (unpaired) electrons. The van der Waals surface area contributed by atoms with Crippen molar-refractivity contribution in [2.75, 3.05) is 6.54 Å². The number of aliphatic carboxylic acids is 1. The lowest BCUT2D eigenvalue weighted by atomic mass is 10.2. The van der Waals surface area contributed by atoms with Crippen LogP contribution in [-0.2, 0) is 10.5 Å². The van der Waals surface area contributed by atoms with Crippen molar-refractivity contribution in [1.82, 2.24) is 10.0 Å². The number of thiocarbonyl (C=S) groups is 1. The maximum atomic E-state index is 10.2. The van der Waals surface area contributed by atoms with Crippen molar-refractivity contribution in [1.29, 1.82) is 0 Å². The fraction of sp³-hybridized carbons (Fsp3) is 0.200. The van der Waals surface area contributed by atoms with Crippen LogP contribution < -0.4 is 10.0 Å². The van der Waals surface area contributed by atoms with Crippen LogP contribution in [0.15, 0.2) is 30.3 Å². The summed E-state index contributed by atoms with van der Waals surface area (Å²) in [5.41, 5.74) is 1.18. The molecule has 0 fully saturated rings. The van der Waals surface area contributed by atoms with Crippen molar-refractivity contribution in [3.8, 4) is 0 Å². The zero-order valence-corrected chi connectivity index (χ0v) is 10.1. The van der Waals surface area contributed by atoms with Crippen LogP contribution in [0.25, 0.3) is 0 Å². The quantitative estimate of drug-likeness (QED) is 0.546. The van der Waals surface area contributed by atoms with E-state index in [1.165, 1.54) is 17.5 Å². The summed E-state index contributed by atoms with van der Waals surface area (Å²) >= 11 is 6.30. The number of carbonyl (C=O) groups is 1. The van der Waals surface area contributed by atoms with Gasteiger partial charge in [-0.2, -0.15) is 0 Å². The van der Waals surface area contributed by atoms with E-state index in [-0.39, 0.29) is 6.54 Å². The third kappa shape index (κ3) is 5.57. The normalized spacial score (nSPS) is 9.50. The molecule has 6 heteroatoms. The zero-order chi connectivity index (χ0) is 11.8. The van der Waals surface area contributed by atoms with Crippen LogP contribution in [0.2, 0.25) is 0 Å². The molecule has 0 saturated carbocycles. The van der Waals surface area contributed by atoms with Crippen LogP contribution in [-0.4, -0.2) is 22.7 Å². The minimum atomic E-state index is -0.933. The van der Waals surface area contributed by atoms with Crippen molar-refractivity contribution in [3.05, 3.63) is 35.9 Å². The number of rotatable bonds is 5. The van der Waals surface area contributed by atoms with Crippen LogP contribution in [0.1, 0.15) is 5.56 Å². The van der Waals surface area contributed by atoms with Crippen LogP contribution in [0.5, 0.6) is 0 Å². The van der Waals surface area contributed by atoms with Gasteiger partial charge in [-0.05, 0) is 29.7 Å². The van der Waals surface area contributed by atoms with Crippen molar-refractivity contribution in [2.45, 2.75) is 5.75 Å². The molecule has 0 saturated heterocycles. The van der Waals surface area contributed by atoms with Gasteiger partial charge in [-0.1, -0.05) is 30.3 Å². The monoisotopic (exact) mass is 256 g/mol. The molecule has 1 aromatic carbocycles. The van der Waals surface area contributed by atoms with E-state index in [0.717, 1.165) is 5.75 Å². The minimum Gasteiger partial charge on any atom is -0.480 e. The predicted octanol–water partition coefficient (Wildman–Crippen LogP) is 1.38. The highest BCUT2D eigenvalue weighted by molar-refractivity contribution is 7.98. The molecule has 16 heavy (non-hydrogen) atoms. The van der Waals surface area contributed by atoms with Gasteiger partial charge in [0, 0.05) is 5.75 Å². The van der Waals surface area contributed by atoms with Crippen molar-refractivity contribution >= 4 is 35.2 Å². The fourth-order valence-electron chi connectivity index (χ4n) is 0.951. The van der Waals surface area contributed by atoms with Gasteiger partial charge in [0.05, 0.1) is 0 Å². The minimum absolute atomic E-state index is 0.169. The first-order valence-electron chi connectivity index (χ1n) is 4.60. The third-order valence-electron chi connectivity index (χ3n) is 1.65. The van der Waals surface area contributed by atoms with Gasteiger partial charge in [0.1, 0.15) is 6.54 Å². The fourth-order valence-corrected chi connectivity index (χ4v) is 1.83. The number of benzene rings is 1. The van der Waals surface area contributed by atoms with Crippen LogP contribution >= 0.6 is 24.2 Å². The molecule has 3 N–H and O–H groups in total. The molecule has 4 nitrogen and oxygen atoms in total. The van der Waals surface area contributed by atoms with E-state index in [9.17, 15) is 4.79 Å². The number of carboxylic acids is 1. The van der Waals surface area contributed by atoms with Crippen molar-refractivity contribution in [2.24, 2.45) is 0 Å². The van der Waals surface area contributed by atoms with Gasteiger partial charge in [-0.3, -0.25) is 4.79 Å². The molecule has 0 amide bonds.